The van der Waals surface area contributed by atoms with E-state index in [0.29, 0.717) is 27.8 Å². The Morgan fingerprint density at radius 2 is 1.76 bits per heavy atom. The number of amides is 2. The number of rotatable bonds is 5. The molecule has 0 bridgehead atoms. The number of nitrogens with one attached hydrogen (secondary N) is 2. The maximum atomic E-state index is 11.8. The Morgan fingerprint density at radius 1 is 1.04 bits per heavy atom. The first-order valence-corrected chi connectivity index (χ1v) is 7.54. The number of hydrogen-bond donors (Lipinski definition) is 2. The van der Waals surface area contributed by atoms with Crippen molar-refractivity contribution in [3.8, 4) is 11.5 Å². The van der Waals surface area contributed by atoms with Crippen molar-refractivity contribution < 1.29 is 19.1 Å². The Morgan fingerprint density at radius 3 is 2.44 bits per heavy atom. The zero-order chi connectivity index (χ0) is 18.2. The molecule has 0 saturated heterocycles. The van der Waals surface area contributed by atoms with Crippen LogP contribution in [0, 0.1) is 0 Å². The number of benzene rings is 2. The largest absolute Gasteiger partial charge is 0.493 e. The highest BCUT2D eigenvalue weighted by Gasteiger charge is 2.14. The summed E-state index contributed by atoms with van der Waals surface area (Å²) in [7, 11) is 3.04. The van der Waals surface area contributed by atoms with E-state index in [1.165, 1.54) is 20.4 Å². The molecule has 130 valence electrons. The molecule has 0 aliphatic rings. The number of methoxy groups -OCH3 is 2. The molecular weight excluding hydrogens is 346 g/mol. The summed E-state index contributed by atoms with van der Waals surface area (Å²) in [6.45, 7) is 0. The van der Waals surface area contributed by atoms with Gasteiger partial charge in [-0.05, 0) is 35.9 Å². The second-order valence-electron chi connectivity index (χ2n) is 4.75. The lowest BCUT2D eigenvalue weighted by Crippen LogP contribution is -2.32. The second-order valence-corrected chi connectivity index (χ2v) is 5.15. The van der Waals surface area contributed by atoms with Crippen molar-refractivity contribution in [2.75, 3.05) is 19.5 Å². The van der Waals surface area contributed by atoms with E-state index in [0.717, 1.165) is 0 Å². The fraction of sp³-hybridized carbons (Fsp3) is 0.118. The van der Waals surface area contributed by atoms with Crippen LogP contribution in [0.5, 0.6) is 11.5 Å². The van der Waals surface area contributed by atoms with Gasteiger partial charge in [0.1, 0.15) is 0 Å². The van der Waals surface area contributed by atoms with Crippen LogP contribution in [0.2, 0.25) is 5.02 Å². The highest BCUT2D eigenvalue weighted by atomic mass is 35.5. The number of ether oxygens (including phenoxy) is 2. The average molecular weight is 362 g/mol. The summed E-state index contributed by atoms with van der Waals surface area (Å²) in [6, 6.07) is 11.7. The molecular formula is C17H16ClN3O4. The fourth-order valence-electron chi connectivity index (χ4n) is 1.89. The summed E-state index contributed by atoms with van der Waals surface area (Å²) in [5, 5.41) is 6.47. The lowest BCUT2D eigenvalue weighted by atomic mass is 10.2. The van der Waals surface area contributed by atoms with Gasteiger partial charge in [-0.25, -0.2) is 5.43 Å². The van der Waals surface area contributed by atoms with Crippen molar-refractivity contribution in [1.29, 1.82) is 0 Å². The van der Waals surface area contributed by atoms with Gasteiger partial charge in [0.2, 0.25) is 0 Å². The van der Waals surface area contributed by atoms with Gasteiger partial charge < -0.3 is 14.8 Å². The summed E-state index contributed by atoms with van der Waals surface area (Å²) < 4.78 is 10.3. The SMILES string of the molecule is COc1ccc(/C=N/NC(=O)C(=O)Nc2ccccc2Cl)cc1OC. The molecule has 0 fully saturated rings. The molecule has 0 atom stereocenters. The van der Waals surface area contributed by atoms with E-state index in [1.807, 2.05) is 0 Å². The molecule has 0 spiro atoms. The van der Waals surface area contributed by atoms with Crippen molar-refractivity contribution >= 4 is 35.3 Å². The molecule has 0 aliphatic heterocycles. The summed E-state index contributed by atoms with van der Waals surface area (Å²) >= 11 is 5.91. The number of para-hydroxylation sites is 1. The van der Waals surface area contributed by atoms with Gasteiger partial charge in [-0.15, -0.1) is 0 Å². The Balaban J connectivity index is 1.96. The van der Waals surface area contributed by atoms with Crippen molar-refractivity contribution in [2.45, 2.75) is 0 Å². The summed E-state index contributed by atoms with van der Waals surface area (Å²) in [6.07, 6.45) is 1.38. The van der Waals surface area contributed by atoms with Gasteiger partial charge in [0.25, 0.3) is 0 Å². The standard InChI is InChI=1S/C17H16ClN3O4/c1-24-14-8-7-11(9-15(14)25-2)10-19-21-17(23)16(22)20-13-6-4-3-5-12(13)18/h3-10H,1-2H3,(H,20,22)(H,21,23)/b19-10+. The van der Waals surface area contributed by atoms with Gasteiger partial charge in [0, 0.05) is 0 Å². The summed E-state index contributed by atoms with van der Waals surface area (Å²) in [4.78, 5) is 23.5. The van der Waals surface area contributed by atoms with Crippen LogP contribution in [0.25, 0.3) is 0 Å². The minimum absolute atomic E-state index is 0.331. The zero-order valence-corrected chi connectivity index (χ0v) is 14.3. The normalized spacial score (nSPS) is 10.4. The molecule has 2 aromatic rings. The molecule has 8 heteroatoms. The topological polar surface area (TPSA) is 89.0 Å². The Bertz CT molecular complexity index is 808. The van der Waals surface area contributed by atoms with Crippen molar-refractivity contribution in [3.05, 3.63) is 53.1 Å². The van der Waals surface area contributed by atoms with Gasteiger partial charge in [-0.1, -0.05) is 23.7 Å². The molecule has 2 amide bonds. The highest BCUT2D eigenvalue weighted by molar-refractivity contribution is 6.41. The quantitative estimate of drug-likeness (QED) is 0.486. The van der Waals surface area contributed by atoms with E-state index >= 15 is 0 Å². The van der Waals surface area contributed by atoms with Gasteiger partial charge >= 0.3 is 11.8 Å². The number of nitrogens with zero attached hydrogens (tertiary/aromatic N) is 1. The third-order valence-corrected chi connectivity index (χ3v) is 3.45. The second kappa shape index (κ2) is 8.70. The molecule has 2 aromatic carbocycles. The van der Waals surface area contributed by atoms with Gasteiger partial charge in [-0.3, -0.25) is 9.59 Å². The number of carbonyl (C=O) groups is 2. The van der Waals surface area contributed by atoms with E-state index in [2.05, 4.69) is 15.8 Å². The lowest BCUT2D eigenvalue weighted by Gasteiger charge is -2.07. The van der Waals surface area contributed by atoms with Crippen LogP contribution in [0.3, 0.4) is 0 Å². The molecule has 0 aromatic heterocycles. The van der Waals surface area contributed by atoms with Crippen LogP contribution in [-0.4, -0.2) is 32.2 Å². The van der Waals surface area contributed by atoms with Crippen LogP contribution in [0.15, 0.2) is 47.6 Å². The van der Waals surface area contributed by atoms with Crippen LogP contribution < -0.4 is 20.2 Å². The molecule has 0 heterocycles. The Kier molecular flexibility index (Phi) is 6.36. The first kappa shape index (κ1) is 18.3. The summed E-state index contributed by atoms with van der Waals surface area (Å²) in [5.74, 6) is -0.703. The first-order chi connectivity index (χ1) is 12.0. The molecule has 25 heavy (non-hydrogen) atoms. The van der Waals surface area contributed by atoms with Gasteiger partial charge in [-0.2, -0.15) is 5.10 Å². The van der Waals surface area contributed by atoms with Crippen LogP contribution in [0.4, 0.5) is 5.69 Å². The number of hydrazone groups is 1. The van der Waals surface area contributed by atoms with Crippen molar-refractivity contribution in [1.82, 2.24) is 5.43 Å². The van der Waals surface area contributed by atoms with Crippen LogP contribution in [-0.2, 0) is 9.59 Å². The third-order valence-electron chi connectivity index (χ3n) is 3.12. The molecule has 0 saturated carbocycles. The van der Waals surface area contributed by atoms with Crippen molar-refractivity contribution in [3.63, 3.8) is 0 Å². The van der Waals surface area contributed by atoms with E-state index in [4.69, 9.17) is 21.1 Å². The molecule has 2 rings (SSSR count). The lowest BCUT2D eigenvalue weighted by molar-refractivity contribution is -0.136. The predicted octanol–water partition coefficient (Wildman–Crippen LogP) is 2.45. The van der Waals surface area contributed by atoms with Gasteiger partial charge in [0.05, 0.1) is 31.1 Å². The number of hydrogen-bond acceptors (Lipinski definition) is 5. The average Bonchev–Trinajstić information content (AvgIpc) is 2.63. The van der Waals surface area contributed by atoms with E-state index in [-0.39, 0.29) is 0 Å². The number of anilines is 1. The first-order valence-electron chi connectivity index (χ1n) is 7.16. The Labute approximate surface area is 149 Å². The van der Waals surface area contributed by atoms with E-state index < -0.39 is 11.8 Å². The molecule has 0 aliphatic carbocycles. The molecule has 7 nitrogen and oxygen atoms in total. The maximum Gasteiger partial charge on any atom is 0.329 e. The minimum Gasteiger partial charge on any atom is -0.493 e. The smallest absolute Gasteiger partial charge is 0.329 e. The zero-order valence-electron chi connectivity index (χ0n) is 13.6. The van der Waals surface area contributed by atoms with E-state index in [9.17, 15) is 9.59 Å². The van der Waals surface area contributed by atoms with Crippen LogP contribution in [0.1, 0.15) is 5.56 Å². The summed E-state index contributed by atoms with van der Waals surface area (Å²) in [5.41, 5.74) is 3.14. The van der Waals surface area contributed by atoms with Gasteiger partial charge in [0.15, 0.2) is 11.5 Å². The fourth-order valence-corrected chi connectivity index (χ4v) is 2.07. The minimum atomic E-state index is -0.920. The molecule has 0 unspecified atom stereocenters. The predicted molar refractivity (Wildman–Crippen MR) is 95.4 cm³/mol. The molecule has 0 radical (unpaired) electrons. The highest BCUT2D eigenvalue weighted by Crippen LogP contribution is 2.26. The van der Waals surface area contributed by atoms with E-state index in [1.54, 1.807) is 42.5 Å². The third kappa shape index (κ3) is 4.95. The number of halogens is 1. The molecule has 2 N–H and O–H groups in total. The maximum absolute atomic E-state index is 11.8. The number of carbonyl (C=O) groups excluding carboxylic acids is 2. The van der Waals surface area contributed by atoms with Crippen LogP contribution >= 0.6 is 11.6 Å². The Hall–Kier alpha value is -3.06. The monoisotopic (exact) mass is 361 g/mol. The van der Waals surface area contributed by atoms with Crippen molar-refractivity contribution in [2.24, 2.45) is 5.10 Å².